The minimum absolute atomic E-state index is 0.118. The molecule has 1 saturated carbocycles. The van der Waals surface area contributed by atoms with Gasteiger partial charge in [-0.3, -0.25) is 9.59 Å². The van der Waals surface area contributed by atoms with Crippen LogP contribution in [0.3, 0.4) is 0 Å². The molecular formula is C19H25NO3. The molecule has 4 nitrogen and oxygen atoms in total. The lowest BCUT2D eigenvalue weighted by Crippen LogP contribution is -2.37. The lowest BCUT2D eigenvalue weighted by atomic mass is 9.81. The SMILES string of the molecule is Cc1ccc(CCCC(=O)N2C[C@@H]3CCC[C@@]3(C(=O)O)C2)cc1. The van der Waals surface area contributed by atoms with Gasteiger partial charge < -0.3 is 10.0 Å². The number of likely N-dealkylation sites (tertiary alicyclic amines) is 1. The Morgan fingerprint density at radius 3 is 2.70 bits per heavy atom. The van der Waals surface area contributed by atoms with Crippen LogP contribution >= 0.6 is 0 Å². The Morgan fingerprint density at radius 2 is 2.04 bits per heavy atom. The number of benzene rings is 1. The average molecular weight is 315 g/mol. The van der Waals surface area contributed by atoms with Gasteiger partial charge in [-0.25, -0.2) is 0 Å². The second-order valence-corrected chi connectivity index (χ2v) is 7.16. The highest BCUT2D eigenvalue weighted by Gasteiger charge is 2.55. The number of aliphatic carboxylic acids is 1. The second kappa shape index (κ2) is 6.34. The number of hydrogen-bond acceptors (Lipinski definition) is 2. The summed E-state index contributed by atoms with van der Waals surface area (Å²) in [6.45, 7) is 3.11. The maximum atomic E-state index is 12.4. The van der Waals surface area contributed by atoms with Crippen LogP contribution in [0.2, 0.25) is 0 Å². The Hall–Kier alpha value is -1.84. The number of carbonyl (C=O) groups excluding carboxylic acids is 1. The molecule has 3 rings (SSSR count). The van der Waals surface area contributed by atoms with Crippen LogP contribution in [0.25, 0.3) is 0 Å². The molecule has 0 unspecified atom stereocenters. The van der Waals surface area contributed by atoms with Gasteiger partial charge in [0.1, 0.15) is 0 Å². The summed E-state index contributed by atoms with van der Waals surface area (Å²) in [6, 6.07) is 8.41. The summed E-state index contributed by atoms with van der Waals surface area (Å²) in [5.74, 6) is -0.442. The zero-order valence-electron chi connectivity index (χ0n) is 13.8. The molecular weight excluding hydrogens is 290 g/mol. The highest BCUT2D eigenvalue weighted by molar-refractivity contribution is 5.81. The maximum Gasteiger partial charge on any atom is 0.311 e. The molecule has 1 saturated heterocycles. The first-order valence-electron chi connectivity index (χ1n) is 8.58. The molecule has 124 valence electrons. The van der Waals surface area contributed by atoms with E-state index in [1.807, 2.05) is 0 Å². The van der Waals surface area contributed by atoms with Crippen molar-refractivity contribution in [3.63, 3.8) is 0 Å². The third kappa shape index (κ3) is 3.12. The molecule has 1 N–H and O–H groups in total. The second-order valence-electron chi connectivity index (χ2n) is 7.16. The van der Waals surface area contributed by atoms with E-state index in [0.717, 1.165) is 32.1 Å². The zero-order valence-corrected chi connectivity index (χ0v) is 13.8. The molecule has 2 aliphatic rings. The van der Waals surface area contributed by atoms with Gasteiger partial charge >= 0.3 is 5.97 Å². The standard InChI is InChI=1S/C19H25NO3/c1-14-7-9-15(10-8-14)4-2-6-17(21)20-12-16-5-3-11-19(16,13-20)18(22)23/h7-10,16H,2-6,11-13H2,1H3,(H,22,23)/t16-,19+/m0/s1. The number of hydrogen-bond donors (Lipinski definition) is 1. The molecule has 0 radical (unpaired) electrons. The molecule has 2 fully saturated rings. The molecule has 0 spiro atoms. The third-order valence-electron chi connectivity index (χ3n) is 5.63. The monoisotopic (exact) mass is 315 g/mol. The predicted octanol–water partition coefficient (Wildman–Crippen LogP) is 3.03. The highest BCUT2D eigenvalue weighted by Crippen LogP contribution is 2.48. The van der Waals surface area contributed by atoms with Crippen LogP contribution in [0.1, 0.15) is 43.2 Å². The summed E-state index contributed by atoms with van der Waals surface area (Å²) in [4.78, 5) is 25.9. The Kier molecular flexibility index (Phi) is 4.42. The van der Waals surface area contributed by atoms with Crippen LogP contribution in [0, 0.1) is 18.3 Å². The summed E-state index contributed by atoms with van der Waals surface area (Å²) < 4.78 is 0. The van der Waals surface area contributed by atoms with Crippen molar-refractivity contribution in [3.8, 4) is 0 Å². The molecule has 0 aromatic heterocycles. The predicted molar refractivity (Wildman–Crippen MR) is 88.1 cm³/mol. The fourth-order valence-corrected chi connectivity index (χ4v) is 4.19. The van der Waals surface area contributed by atoms with Gasteiger partial charge in [-0.2, -0.15) is 0 Å². The van der Waals surface area contributed by atoms with E-state index in [9.17, 15) is 14.7 Å². The fraction of sp³-hybridized carbons (Fsp3) is 0.579. The van der Waals surface area contributed by atoms with Gasteiger partial charge in [0.25, 0.3) is 0 Å². The maximum absolute atomic E-state index is 12.4. The largest absolute Gasteiger partial charge is 0.481 e. The van der Waals surface area contributed by atoms with Crippen LogP contribution in [-0.2, 0) is 16.0 Å². The summed E-state index contributed by atoms with van der Waals surface area (Å²) in [6.07, 6.45) is 4.87. The van der Waals surface area contributed by atoms with E-state index in [-0.39, 0.29) is 11.8 Å². The number of carbonyl (C=O) groups is 2. The first kappa shape index (κ1) is 16.0. The van der Waals surface area contributed by atoms with Crippen molar-refractivity contribution in [1.29, 1.82) is 0 Å². The Bertz CT molecular complexity index is 595. The van der Waals surface area contributed by atoms with Crippen molar-refractivity contribution in [2.75, 3.05) is 13.1 Å². The first-order valence-corrected chi connectivity index (χ1v) is 8.58. The minimum atomic E-state index is -0.713. The Morgan fingerprint density at radius 1 is 1.30 bits per heavy atom. The topological polar surface area (TPSA) is 57.6 Å². The molecule has 1 aromatic rings. The van der Waals surface area contributed by atoms with Crippen LogP contribution in [0.5, 0.6) is 0 Å². The lowest BCUT2D eigenvalue weighted by Gasteiger charge is -2.23. The molecule has 4 heteroatoms. The van der Waals surface area contributed by atoms with Crippen molar-refractivity contribution in [1.82, 2.24) is 4.90 Å². The number of amides is 1. The van der Waals surface area contributed by atoms with E-state index in [4.69, 9.17) is 0 Å². The van der Waals surface area contributed by atoms with Crippen molar-refractivity contribution < 1.29 is 14.7 Å². The number of nitrogens with zero attached hydrogens (tertiary/aromatic N) is 1. The molecule has 1 aromatic carbocycles. The lowest BCUT2D eigenvalue weighted by molar-refractivity contribution is -0.149. The van der Waals surface area contributed by atoms with Gasteiger partial charge in [0.05, 0.1) is 5.41 Å². The van der Waals surface area contributed by atoms with E-state index in [2.05, 4.69) is 31.2 Å². The van der Waals surface area contributed by atoms with Crippen molar-refractivity contribution in [2.45, 2.75) is 45.4 Å². The van der Waals surface area contributed by atoms with Crippen molar-refractivity contribution >= 4 is 11.9 Å². The normalized spacial score (nSPS) is 26.3. The summed E-state index contributed by atoms with van der Waals surface area (Å²) >= 11 is 0. The Labute approximate surface area is 137 Å². The van der Waals surface area contributed by atoms with Crippen molar-refractivity contribution in [3.05, 3.63) is 35.4 Å². The molecule has 1 amide bonds. The van der Waals surface area contributed by atoms with E-state index < -0.39 is 11.4 Å². The van der Waals surface area contributed by atoms with Gasteiger partial charge in [0.15, 0.2) is 0 Å². The Balaban J connectivity index is 1.51. The molecule has 1 aliphatic carbocycles. The van der Waals surface area contributed by atoms with E-state index in [1.54, 1.807) is 4.90 Å². The molecule has 23 heavy (non-hydrogen) atoms. The quantitative estimate of drug-likeness (QED) is 0.908. The van der Waals surface area contributed by atoms with Gasteiger partial charge in [0.2, 0.25) is 5.91 Å². The number of fused-ring (bicyclic) bond motifs is 1. The van der Waals surface area contributed by atoms with Gasteiger partial charge in [0, 0.05) is 19.5 Å². The smallest absolute Gasteiger partial charge is 0.311 e. The number of aryl methyl sites for hydroxylation is 2. The first-order chi connectivity index (χ1) is 11.0. The third-order valence-corrected chi connectivity index (χ3v) is 5.63. The fourth-order valence-electron chi connectivity index (χ4n) is 4.19. The molecule has 1 aliphatic heterocycles. The summed E-state index contributed by atoms with van der Waals surface area (Å²) in [5.41, 5.74) is 1.84. The number of carboxylic acid groups (broad SMARTS) is 1. The van der Waals surface area contributed by atoms with Gasteiger partial charge in [-0.1, -0.05) is 36.2 Å². The number of carboxylic acids is 1. The summed E-state index contributed by atoms with van der Waals surface area (Å²) in [5, 5.41) is 9.58. The minimum Gasteiger partial charge on any atom is -0.481 e. The van der Waals surface area contributed by atoms with E-state index in [1.165, 1.54) is 11.1 Å². The molecule has 1 heterocycles. The van der Waals surface area contributed by atoms with Crippen LogP contribution in [0.15, 0.2) is 24.3 Å². The highest BCUT2D eigenvalue weighted by atomic mass is 16.4. The van der Waals surface area contributed by atoms with Crippen LogP contribution in [0.4, 0.5) is 0 Å². The van der Waals surface area contributed by atoms with Crippen LogP contribution < -0.4 is 0 Å². The number of rotatable bonds is 5. The molecule has 2 atom stereocenters. The van der Waals surface area contributed by atoms with Crippen LogP contribution in [-0.4, -0.2) is 35.0 Å². The van der Waals surface area contributed by atoms with E-state index in [0.29, 0.717) is 19.5 Å². The average Bonchev–Trinajstić information content (AvgIpc) is 3.07. The van der Waals surface area contributed by atoms with Crippen molar-refractivity contribution in [2.24, 2.45) is 11.3 Å². The van der Waals surface area contributed by atoms with Gasteiger partial charge in [-0.05, 0) is 44.1 Å². The summed E-state index contributed by atoms with van der Waals surface area (Å²) in [7, 11) is 0. The van der Waals surface area contributed by atoms with Gasteiger partial charge in [-0.15, -0.1) is 0 Å². The van der Waals surface area contributed by atoms with E-state index >= 15 is 0 Å². The molecule has 0 bridgehead atoms. The zero-order chi connectivity index (χ0) is 16.4.